The number of amides is 1. The minimum absolute atomic E-state index is 0.110. The number of aromatic nitrogens is 1. The molecule has 1 aromatic heterocycles. The lowest BCUT2D eigenvalue weighted by Crippen LogP contribution is -2.29. The third-order valence-corrected chi connectivity index (χ3v) is 6.55. The Bertz CT molecular complexity index is 1260. The van der Waals surface area contributed by atoms with Crippen molar-refractivity contribution in [2.45, 2.75) is 39.2 Å². The molecule has 1 atom stereocenters. The van der Waals surface area contributed by atoms with E-state index in [0.717, 1.165) is 19.3 Å². The summed E-state index contributed by atoms with van der Waals surface area (Å²) >= 11 is 1.20. The van der Waals surface area contributed by atoms with Gasteiger partial charge in [0, 0.05) is 17.1 Å². The molecule has 0 bridgehead atoms. The molecule has 9 heteroatoms. The van der Waals surface area contributed by atoms with Gasteiger partial charge in [-0.05, 0) is 55.3 Å². The number of Topliss-reactive ketones (excluding diaryl/α,β-unsaturated/α-hetero) is 1. The van der Waals surface area contributed by atoms with Crippen LogP contribution in [0.4, 0.5) is 9.52 Å². The van der Waals surface area contributed by atoms with Crippen molar-refractivity contribution in [1.29, 1.82) is 0 Å². The topological polar surface area (TPSA) is 89.0 Å². The summed E-state index contributed by atoms with van der Waals surface area (Å²) in [6, 6.07) is 9.31. The molecule has 36 heavy (non-hydrogen) atoms. The highest BCUT2D eigenvalue weighted by atomic mass is 32.1. The quantitative estimate of drug-likeness (QED) is 0.159. The lowest BCUT2D eigenvalue weighted by atomic mass is 9.95. The summed E-state index contributed by atoms with van der Waals surface area (Å²) in [4.78, 5) is 31.9. The van der Waals surface area contributed by atoms with Crippen LogP contribution >= 0.6 is 11.3 Å². The zero-order chi connectivity index (χ0) is 25.7. The van der Waals surface area contributed by atoms with E-state index in [9.17, 15) is 19.1 Å². The van der Waals surface area contributed by atoms with Gasteiger partial charge < -0.3 is 14.6 Å². The smallest absolute Gasteiger partial charge is 0.301 e. The van der Waals surface area contributed by atoms with Crippen LogP contribution < -0.4 is 14.4 Å². The highest BCUT2D eigenvalue weighted by molar-refractivity contribution is 7.14. The molecule has 1 fully saturated rings. The Labute approximate surface area is 212 Å². The van der Waals surface area contributed by atoms with Crippen molar-refractivity contribution in [1.82, 2.24) is 4.98 Å². The average Bonchev–Trinajstić information content (AvgIpc) is 3.49. The summed E-state index contributed by atoms with van der Waals surface area (Å²) in [6.07, 6.45) is 4.57. The molecular weight excluding hydrogens is 483 g/mol. The Morgan fingerprint density at radius 3 is 2.53 bits per heavy atom. The van der Waals surface area contributed by atoms with Gasteiger partial charge in [0.1, 0.15) is 11.6 Å². The molecule has 1 saturated heterocycles. The maximum Gasteiger partial charge on any atom is 0.301 e. The molecule has 7 nitrogen and oxygen atoms in total. The second kappa shape index (κ2) is 11.3. The van der Waals surface area contributed by atoms with Crippen molar-refractivity contribution in [3.8, 4) is 11.5 Å². The van der Waals surface area contributed by atoms with Gasteiger partial charge in [-0.1, -0.05) is 25.8 Å². The number of nitrogens with zero attached hydrogens (tertiary/aromatic N) is 2. The van der Waals surface area contributed by atoms with Crippen LogP contribution in [0, 0.1) is 5.82 Å². The fourth-order valence-electron chi connectivity index (χ4n) is 4.06. The normalized spacial score (nSPS) is 17.0. The molecule has 1 N–H and O–H groups in total. The van der Waals surface area contributed by atoms with E-state index in [2.05, 4.69) is 11.9 Å². The third-order valence-electron chi connectivity index (χ3n) is 5.78. The van der Waals surface area contributed by atoms with Crippen molar-refractivity contribution in [3.63, 3.8) is 0 Å². The lowest BCUT2D eigenvalue weighted by molar-refractivity contribution is -0.132. The number of hydrogen-bond acceptors (Lipinski definition) is 7. The fourth-order valence-corrected chi connectivity index (χ4v) is 4.73. The Hall–Kier alpha value is -3.72. The Morgan fingerprint density at radius 1 is 1.08 bits per heavy atom. The maximum atomic E-state index is 13.5. The first-order chi connectivity index (χ1) is 17.5. The second-order valence-corrected chi connectivity index (χ2v) is 9.06. The van der Waals surface area contributed by atoms with Crippen LogP contribution in [0.5, 0.6) is 11.5 Å². The number of anilines is 1. The molecule has 3 aromatic rings. The first kappa shape index (κ1) is 25.4. The SMILES string of the molecule is CCCCCOc1ccc(C2C(=C(O)c3ccc(F)cc3)C(=O)C(=O)N2c2nccs2)cc1OCC. The van der Waals surface area contributed by atoms with Crippen LogP contribution in [0.1, 0.15) is 50.3 Å². The zero-order valence-electron chi connectivity index (χ0n) is 20.1. The van der Waals surface area contributed by atoms with Gasteiger partial charge in [-0.2, -0.15) is 0 Å². The van der Waals surface area contributed by atoms with E-state index in [1.807, 2.05) is 6.92 Å². The number of aliphatic hydroxyl groups is 1. The highest BCUT2D eigenvalue weighted by Crippen LogP contribution is 2.44. The van der Waals surface area contributed by atoms with Crippen molar-refractivity contribution in [2.24, 2.45) is 0 Å². The predicted molar refractivity (Wildman–Crippen MR) is 136 cm³/mol. The summed E-state index contributed by atoms with van der Waals surface area (Å²) in [6.45, 7) is 4.89. The fraction of sp³-hybridized carbons (Fsp3) is 0.296. The predicted octanol–water partition coefficient (Wildman–Crippen LogP) is 5.88. The monoisotopic (exact) mass is 510 g/mol. The molecule has 4 rings (SSSR count). The molecule has 1 amide bonds. The summed E-state index contributed by atoms with van der Waals surface area (Å²) in [7, 11) is 0. The van der Waals surface area contributed by atoms with Gasteiger partial charge in [-0.25, -0.2) is 9.37 Å². The van der Waals surface area contributed by atoms with Gasteiger partial charge in [0.15, 0.2) is 16.6 Å². The number of aliphatic hydroxyl groups excluding tert-OH is 1. The molecule has 188 valence electrons. The van der Waals surface area contributed by atoms with Crippen LogP contribution in [-0.2, 0) is 9.59 Å². The minimum Gasteiger partial charge on any atom is -0.507 e. The van der Waals surface area contributed by atoms with Gasteiger partial charge >= 0.3 is 5.91 Å². The number of carbonyl (C=O) groups is 2. The molecule has 0 aliphatic carbocycles. The molecule has 0 saturated carbocycles. The molecule has 0 spiro atoms. The molecule has 0 radical (unpaired) electrons. The van der Waals surface area contributed by atoms with Crippen LogP contribution in [0.25, 0.3) is 5.76 Å². The van der Waals surface area contributed by atoms with Gasteiger partial charge in [-0.3, -0.25) is 14.5 Å². The van der Waals surface area contributed by atoms with Crippen molar-refractivity contribution in [2.75, 3.05) is 18.1 Å². The summed E-state index contributed by atoms with van der Waals surface area (Å²) < 4.78 is 25.2. The van der Waals surface area contributed by atoms with Gasteiger partial charge in [0.25, 0.3) is 5.78 Å². The van der Waals surface area contributed by atoms with Crippen LogP contribution in [0.3, 0.4) is 0 Å². The Kier molecular flexibility index (Phi) is 8.00. The summed E-state index contributed by atoms with van der Waals surface area (Å²) in [5.74, 6) is -1.51. The van der Waals surface area contributed by atoms with E-state index in [4.69, 9.17) is 9.47 Å². The summed E-state index contributed by atoms with van der Waals surface area (Å²) in [5.41, 5.74) is 0.651. The number of thiazole rings is 1. The van der Waals surface area contributed by atoms with Crippen LogP contribution in [-0.4, -0.2) is 35.0 Å². The van der Waals surface area contributed by atoms with E-state index in [1.54, 1.807) is 23.6 Å². The van der Waals surface area contributed by atoms with E-state index in [-0.39, 0.29) is 11.1 Å². The van der Waals surface area contributed by atoms with E-state index < -0.39 is 29.3 Å². The number of ketones is 1. The van der Waals surface area contributed by atoms with Crippen molar-refractivity contribution in [3.05, 3.63) is 76.6 Å². The molecule has 1 aliphatic rings. The van der Waals surface area contributed by atoms with E-state index in [0.29, 0.717) is 35.4 Å². The van der Waals surface area contributed by atoms with Gasteiger partial charge in [0.05, 0.1) is 24.8 Å². The zero-order valence-corrected chi connectivity index (χ0v) is 20.9. The second-order valence-electron chi connectivity index (χ2n) is 8.19. The average molecular weight is 511 g/mol. The van der Waals surface area contributed by atoms with Gasteiger partial charge in [0.2, 0.25) is 0 Å². The largest absolute Gasteiger partial charge is 0.507 e. The van der Waals surface area contributed by atoms with Gasteiger partial charge in [-0.15, -0.1) is 11.3 Å². The lowest BCUT2D eigenvalue weighted by Gasteiger charge is -2.24. The van der Waals surface area contributed by atoms with Crippen LogP contribution in [0.2, 0.25) is 0 Å². The maximum absolute atomic E-state index is 13.5. The molecule has 2 heterocycles. The standard InChI is InChI=1S/C27H27FN2O5S/c1-3-5-6-14-35-20-12-9-18(16-21(20)34-4-2)23-22(24(31)17-7-10-19(28)11-8-17)25(32)26(33)30(23)27-29-13-15-36-27/h7-13,15-16,23,31H,3-6,14H2,1-2H3. The summed E-state index contributed by atoms with van der Waals surface area (Å²) in [5, 5.41) is 13.1. The van der Waals surface area contributed by atoms with E-state index in [1.165, 1.54) is 46.7 Å². The highest BCUT2D eigenvalue weighted by Gasteiger charge is 2.48. The van der Waals surface area contributed by atoms with E-state index >= 15 is 0 Å². The number of rotatable bonds is 10. The van der Waals surface area contributed by atoms with Crippen molar-refractivity contribution < 1.29 is 28.6 Å². The minimum atomic E-state index is -0.963. The molecule has 2 aromatic carbocycles. The third kappa shape index (κ3) is 5.11. The first-order valence-electron chi connectivity index (χ1n) is 11.8. The molecule has 1 aliphatic heterocycles. The Morgan fingerprint density at radius 2 is 1.86 bits per heavy atom. The number of ether oxygens (including phenoxy) is 2. The number of benzene rings is 2. The number of hydrogen-bond donors (Lipinski definition) is 1. The molecule has 1 unspecified atom stereocenters. The Balaban J connectivity index is 1.82. The number of halogens is 1. The first-order valence-corrected chi connectivity index (χ1v) is 12.7. The van der Waals surface area contributed by atoms with Crippen LogP contribution in [0.15, 0.2) is 59.6 Å². The molecular formula is C27H27FN2O5S. The van der Waals surface area contributed by atoms with Crippen molar-refractivity contribution >= 4 is 33.9 Å². The number of unbranched alkanes of at least 4 members (excludes halogenated alkanes) is 2. The number of carbonyl (C=O) groups excluding carboxylic acids is 2.